The molecule has 1 aliphatic heterocycles. The molecular weight excluding hydrogens is 309 g/mol. The molecule has 2 rings (SSSR count). The Bertz CT molecular complexity index is 545. The number of nitrogens with zero attached hydrogens (tertiary/aromatic N) is 1. The van der Waals surface area contributed by atoms with E-state index >= 15 is 0 Å². The van der Waals surface area contributed by atoms with Crippen molar-refractivity contribution in [2.45, 2.75) is 44.8 Å². The highest BCUT2D eigenvalue weighted by Gasteiger charge is 2.28. The van der Waals surface area contributed by atoms with Gasteiger partial charge in [-0.2, -0.15) is 0 Å². The lowest BCUT2D eigenvalue weighted by Crippen LogP contribution is -2.54. The van der Waals surface area contributed by atoms with Crippen molar-refractivity contribution in [1.82, 2.24) is 15.5 Å². The Kier molecular flexibility index (Phi) is 6.57. The number of benzene rings is 1. The number of amides is 2. The number of hydrogen-bond donors (Lipinski definition) is 3. The minimum Gasteiger partial charge on any atom is -0.386 e. The third-order valence-electron chi connectivity index (χ3n) is 4.61. The summed E-state index contributed by atoms with van der Waals surface area (Å²) in [6, 6.07) is 5.67. The van der Waals surface area contributed by atoms with Gasteiger partial charge in [-0.3, -0.25) is 4.90 Å². The summed E-state index contributed by atoms with van der Waals surface area (Å²) in [5.41, 5.74) is 0.0773. The Balaban J connectivity index is 1.76. The number of nitrogens with one attached hydrogen (secondary N) is 2. The molecule has 24 heavy (non-hydrogen) atoms. The molecule has 3 N–H and O–H groups in total. The lowest BCUT2D eigenvalue weighted by Gasteiger charge is -2.41. The van der Waals surface area contributed by atoms with Gasteiger partial charge in [-0.05, 0) is 45.8 Å². The van der Waals surface area contributed by atoms with Crippen molar-refractivity contribution in [1.29, 1.82) is 0 Å². The molecule has 0 aliphatic carbocycles. The topological polar surface area (TPSA) is 64.6 Å². The molecule has 0 saturated carbocycles. The lowest BCUT2D eigenvalue weighted by atomic mass is 9.98. The van der Waals surface area contributed by atoms with Crippen LogP contribution in [0.1, 0.15) is 44.8 Å². The molecule has 6 heteroatoms. The van der Waals surface area contributed by atoms with Crippen LogP contribution in [0.3, 0.4) is 0 Å². The molecule has 1 unspecified atom stereocenters. The van der Waals surface area contributed by atoms with E-state index in [9.17, 15) is 14.3 Å². The highest BCUT2D eigenvalue weighted by molar-refractivity contribution is 5.73. The first-order valence-electron chi connectivity index (χ1n) is 8.59. The van der Waals surface area contributed by atoms with Crippen molar-refractivity contribution in [3.05, 3.63) is 35.6 Å². The Labute approximate surface area is 143 Å². The maximum Gasteiger partial charge on any atom is 0.314 e. The average molecular weight is 337 g/mol. The minimum absolute atomic E-state index is 0.0308. The van der Waals surface area contributed by atoms with E-state index in [-0.39, 0.29) is 23.7 Å². The molecule has 1 heterocycles. The van der Waals surface area contributed by atoms with Crippen molar-refractivity contribution >= 4 is 6.03 Å². The summed E-state index contributed by atoms with van der Waals surface area (Å²) < 4.78 is 13.6. The highest BCUT2D eigenvalue weighted by atomic mass is 19.1. The fourth-order valence-corrected chi connectivity index (χ4v) is 3.01. The van der Waals surface area contributed by atoms with Gasteiger partial charge in [0, 0.05) is 24.2 Å². The Hall–Kier alpha value is -1.66. The van der Waals surface area contributed by atoms with Gasteiger partial charge in [0.2, 0.25) is 0 Å². The van der Waals surface area contributed by atoms with Crippen LogP contribution in [0.2, 0.25) is 0 Å². The highest BCUT2D eigenvalue weighted by Crippen LogP contribution is 2.20. The number of likely N-dealkylation sites (tertiary alicyclic amines) is 1. The molecule has 134 valence electrons. The minimum atomic E-state index is -1.06. The number of aliphatic hydroxyl groups excluding tert-OH is 1. The third kappa shape index (κ3) is 5.18. The van der Waals surface area contributed by atoms with E-state index in [1.54, 1.807) is 12.1 Å². The van der Waals surface area contributed by atoms with Crippen LogP contribution in [0.25, 0.3) is 0 Å². The summed E-state index contributed by atoms with van der Waals surface area (Å²) in [4.78, 5) is 14.3. The molecule has 1 fully saturated rings. The number of carbonyl (C=O) groups excluding carboxylic acids is 1. The van der Waals surface area contributed by atoms with Gasteiger partial charge in [-0.1, -0.05) is 24.6 Å². The second-order valence-corrected chi connectivity index (χ2v) is 6.96. The first kappa shape index (κ1) is 18.7. The van der Waals surface area contributed by atoms with Crippen LogP contribution in [0.15, 0.2) is 24.3 Å². The number of carbonyl (C=O) groups is 1. The van der Waals surface area contributed by atoms with Crippen molar-refractivity contribution in [3.63, 3.8) is 0 Å². The average Bonchev–Trinajstić information content (AvgIpc) is 2.59. The summed E-state index contributed by atoms with van der Waals surface area (Å²) >= 11 is 0. The van der Waals surface area contributed by atoms with E-state index in [1.165, 1.54) is 31.4 Å². The SMILES string of the molecule is CC(C)(CNC(=O)NCC(O)c1ccccc1F)N1CCCCC1. The van der Waals surface area contributed by atoms with Gasteiger partial charge < -0.3 is 15.7 Å². The van der Waals surface area contributed by atoms with Crippen LogP contribution >= 0.6 is 0 Å². The van der Waals surface area contributed by atoms with Crippen LogP contribution < -0.4 is 10.6 Å². The molecular formula is C18H28FN3O2. The van der Waals surface area contributed by atoms with Crippen molar-refractivity contribution < 1.29 is 14.3 Å². The summed E-state index contributed by atoms with van der Waals surface area (Å²) in [6.07, 6.45) is 2.61. The number of aliphatic hydroxyl groups is 1. The zero-order valence-electron chi connectivity index (χ0n) is 14.5. The number of piperidine rings is 1. The van der Waals surface area contributed by atoms with Gasteiger partial charge in [0.25, 0.3) is 0 Å². The number of rotatable bonds is 6. The fraction of sp³-hybridized carbons (Fsp3) is 0.611. The number of urea groups is 1. The Morgan fingerprint density at radius 1 is 1.25 bits per heavy atom. The largest absolute Gasteiger partial charge is 0.386 e. The van der Waals surface area contributed by atoms with Gasteiger partial charge in [0.1, 0.15) is 5.82 Å². The van der Waals surface area contributed by atoms with Crippen LogP contribution in [-0.4, -0.2) is 47.8 Å². The van der Waals surface area contributed by atoms with Gasteiger partial charge in [0.15, 0.2) is 0 Å². The molecule has 1 aromatic rings. The smallest absolute Gasteiger partial charge is 0.314 e. The molecule has 0 spiro atoms. The third-order valence-corrected chi connectivity index (χ3v) is 4.61. The van der Waals surface area contributed by atoms with E-state index in [4.69, 9.17) is 0 Å². The molecule has 1 aliphatic rings. The molecule has 0 aromatic heterocycles. The second-order valence-electron chi connectivity index (χ2n) is 6.96. The van der Waals surface area contributed by atoms with E-state index in [2.05, 4.69) is 29.4 Å². The first-order valence-corrected chi connectivity index (χ1v) is 8.59. The normalized spacial score (nSPS) is 17.3. The predicted octanol–water partition coefficient (Wildman–Crippen LogP) is 2.42. The zero-order valence-corrected chi connectivity index (χ0v) is 14.5. The van der Waals surface area contributed by atoms with Crippen LogP contribution in [-0.2, 0) is 0 Å². The summed E-state index contributed by atoms with van der Waals surface area (Å²) in [6.45, 7) is 6.84. The zero-order chi connectivity index (χ0) is 17.6. The lowest BCUT2D eigenvalue weighted by molar-refractivity contribution is 0.0957. The second kappa shape index (κ2) is 8.44. The molecule has 5 nitrogen and oxygen atoms in total. The molecule has 0 radical (unpaired) electrons. The standard InChI is InChI=1S/C18H28FN3O2/c1-18(2,22-10-6-3-7-11-22)13-21-17(24)20-12-16(23)14-8-4-5-9-15(14)19/h4-5,8-9,16,23H,3,6-7,10-13H2,1-2H3,(H2,20,21,24). The maximum absolute atomic E-state index is 13.6. The van der Waals surface area contributed by atoms with Gasteiger partial charge in [-0.25, -0.2) is 9.18 Å². The van der Waals surface area contributed by atoms with Crippen molar-refractivity contribution in [2.75, 3.05) is 26.2 Å². The Morgan fingerprint density at radius 3 is 2.58 bits per heavy atom. The summed E-state index contributed by atoms with van der Waals surface area (Å²) in [7, 11) is 0. The van der Waals surface area contributed by atoms with Gasteiger partial charge in [-0.15, -0.1) is 0 Å². The monoisotopic (exact) mass is 337 g/mol. The maximum atomic E-state index is 13.6. The molecule has 1 aromatic carbocycles. The molecule has 0 bridgehead atoms. The van der Waals surface area contributed by atoms with Gasteiger partial charge in [0.05, 0.1) is 6.10 Å². The molecule has 2 amide bonds. The van der Waals surface area contributed by atoms with Crippen molar-refractivity contribution in [2.24, 2.45) is 0 Å². The van der Waals surface area contributed by atoms with Crippen molar-refractivity contribution in [3.8, 4) is 0 Å². The van der Waals surface area contributed by atoms with E-state index in [0.717, 1.165) is 13.1 Å². The Morgan fingerprint density at radius 2 is 1.92 bits per heavy atom. The summed E-state index contributed by atoms with van der Waals surface area (Å²) in [5, 5.41) is 15.4. The van der Waals surface area contributed by atoms with E-state index < -0.39 is 11.9 Å². The van der Waals surface area contributed by atoms with Gasteiger partial charge >= 0.3 is 6.03 Å². The van der Waals surface area contributed by atoms with Crippen LogP contribution in [0, 0.1) is 5.82 Å². The van der Waals surface area contributed by atoms with Crippen LogP contribution in [0.5, 0.6) is 0 Å². The number of halogens is 1. The predicted molar refractivity (Wildman–Crippen MR) is 92.3 cm³/mol. The fourth-order valence-electron chi connectivity index (χ4n) is 3.01. The first-order chi connectivity index (χ1) is 11.4. The summed E-state index contributed by atoms with van der Waals surface area (Å²) in [5.74, 6) is -0.474. The quantitative estimate of drug-likeness (QED) is 0.747. The van der Waals surface area contributed by atoms with Crippen LogP contribution in [0.4, 0.5) is 9.18 Å². The van der Waals surface area contributed by atoms with E-state index in [0.29, 0.717) is 6.54 Å². The molecule has 1 saturated heterocycles. The molecule has 1 atom stereocenters. The number of hydrogen-bond acceptors (Lipinski definition) is 3. The van der Waals surface area contributed by atoms with E-state index in [1.807, 2.05) is 0 Å².